The summed E-state index contributed by atoms with van der Waals surface area (Å²) in [5, 5.41) is 0. The van der Waals surface area contributed by atoms with Crippen LogP contribution < -0.4 is 5.73 Å². The quantitative estimate of drug-likeness (QED) is 0.846. The maximum absolute atomic E-state index is 12.7. The second-order valence-electron chi connectivity index (χ2n) is 5.71. The highest BCUT2D eigenvalue weighted by Gasteiger charge is 2.31. The molecule has 0 aliphatic carbocycles. The molecule has 2 unspecified atom stereocenters. The van der Waals surface area contributed by atoms with Gasteiger partial charge < -0.3 is 5.73 Å². The molecule has 22 heavy (non-hydrogen) atoms. The van der Waals surface area contributed by atoms with Gasteiger partial charge in [0.05, 0.1) is 4.90 Å². The van der Waals surface area contributed by atoms with Crippen molar-refractivity contribution in [2.75, 3.05) is 13.1 Å². The van der Waals surface area contributed by atoms with E-state index in [0.717, 1.165) is 12.8 Å². The first-order chi connectivity index (χ1) is 9.82. The summed E-state index contributed by atoms with van der Waals surface area (Å²) >= 11 is 0. The number of nitrogens with zero attached hydrogens (tertiary/aromatic N) is 1. The Morgan fingerprint density at radius 3 is 2.68 bits per heavy atom. The van der Waals surface area contributed by atoms with E-state index in [1.165, 1.54) is 23.4 Å². The first-order valence-electron chi connectivity index (χ1n) is 7.19. The van der Waals surface area contributed by atoms with Crippen LogP contribution in [0, 0.1) is 5.92 Å². The molecule has 2 rings (SSSR count). The van der Waals surface area contributed by atoms with Gasteiger partial charge in [0.1, 0.15) is 0 Å². The van der Waals surface area contributed by atoms with Crippen LogP contribution in [0.25, 0.3) is 0 Å². The molecule has 0 aromatic heterocycles. The van der Waals surface area contributed by atoms with Crippen molar-refractivity contribution in [1.29, 1.82) is 0 Å². The van der Waals surface area contributed by atoms with E-state index in [1.807, 2.05) is 6.92 Å². The predicted octanol–water partition coefficient (Wildman–Crippen LogP) is 2.06. The van der Waals surface area contributed by atoms with Crippen LogP contribution in [-0.2, 0) is 10.0 Å². The number of Topliss-reactive ketones (excluding diaryl/α,β-unsaturated/α-hetero) is 1. The van der Waals surface area contributed by atoms with Crippen molar-refractivity contribution >= 4 is 28.2 Å². The molecule has 124 valence electrons. The van der Waals surface area contributed by atoms with Gasteiger partial charge in [-0.2, -0.15) is 4.31 Å². The molecule has 1 saturated heterocycles. The lowest BCUT2D eigenvalue weighted by Gasteiger charge is -2.33. The number of hydrogen-bond donors (Lipinski definition) is 1. The third-order valence-corrected chi connectivity index (χ3v) is 5.90. The number of hydrogen-bond acceptors (Lipinski definition) is 4. The van der Waals surface area contributed by atoms with Gasteiger partial charge in [0, 0.05) is 24.7 Å². The number of rotatable bonds is 4. The Balaban J connectivity index is 0.00000242. The maximum atomic E-state index is 12.7. The number of halogens is 1. The zero-order chi connectivity index (χ0) is 15.6. The molecule has 0 spiro atoms. The Morgan fingerprint density at radius 1 is 1.41 bits per heavy atom. The Morgan fingerprint density at radius 2 is 2.09 bits per heavy atom. The second kappa shape index (κ2) is 7.55. The smallest absolute Gasteiger partial charge is 0.243 e. The minimum atomic E-state index is -3.56. The summed E-state index contributed by atoms with van der Waals surface area (Å²) in [4.78, 5) is 11.6. The van der Waals surface area contributed by atoms with E-state index in [0.29, 0.717) is 18.7 Å². The summed E-state index contributed by atoms with van der Waals surface area (Å²) in [6.07, 6.45) is 1.77. The van der Waals surface area contributed by atoms with E-state index >= 15 is 0 Å². The summed E-state index contributed by atoms with van der Waals surface area (Å²) in [5.41, 5.74) is 6.32. The van der Waals surface area contributed by atoms with Gasteiger partial charge in [0.2, 0.25) is 10.0 Å². The third kappa shape index (κ3) is 4.07. The molecule has 0 saturated carbocycles. The second-order valence-corrected chi connectivity index (χ2v) is 7.65. The molecule has 1 aliphatic heterocycles. The molecule has 0 bridgehead atoms. The lowest BCUT2D eigenvalue weighted by Crippen LogP contribution is -2.44. The van der Waals surface area contributed by atoms with Gasteiger partial charge in [-0.25, -0.2) is 8.42 Å². The molecule has 2 atom stereocenters. The van der Waals surface area contributed by atoms with Gasteiger partial charge in [-0.3, -0.25) is 4.79 Å². The number of nitrogens with two attached hydrogens (primary N) is 1. The highest BCUT2D eigenvalue weighted by molar-refractivity contribution is 7.89. The van der Waals surface area contributed by atoms with E-state index in [4.69, 9.17) is 5.73 Å². The number of ketones is 1. The Kier molecular flexibility index (Phi) is 6.55. The Bertz CT molecular complexity index is 631. The normalized spacial score (nSPS) is 21.0. The summed E-state index contributed by atoms with van der Waals surface area (Å²) in [6, 6.07) is 6.20. The average molecular weight is 347 g/mol. The number of benzene rings is 1. The van der Waals surface area contributed by atoms with Crippen LogP contribution in [0.5, 0.6) is 0 Å². The van der Waals surface area contributed by atoms with Crippen molar-refractivity contribution in [3.63, 3.8) is 0 Å². The molecule has 1 fully saturated rings. The monoisotopic (exact) mass is 346 g/mol. The Hall–Kier alpha value is -0.950. The molecule has 7 heteroatoms. The van der Waals surface area contributed by atoms with Gasteiger partial charge in [-0.15, -0.1) is 12.4 Å². The zero-order valence-electron chi connectivity index (χ0n) is 12.9. The van der Waals surface area contributed by atoms with Crippen molar-refractivity contribution in [3.8, 4) is 0 Å². The minimum Gasteiger partial charge on any atom is -0.328 e. The van der Waals surface area contributed by atoms with Gasteiger partial charge in [0.15, 0.2) is 5.78 Å². The van der Waals surface area contributed by atoms with Gasteiger partial charge in [0.25, 0.3) is 0 Å². The summed E-state index contributed by atoms with van der Waals surface area (Å²) in [6.45, 7) is 4.30. The average Bonchev–Trinajstić information content (AvgIpc) is 2.47. The number of carbonyl (C=O) groups is 1. The third-order valence-electron chi connectivity index (χ3n) is 4.04. The number of piperidine rings is 1. The number of carbonyl (C=O) groups excluding carboxylic acids is 1. The molecule has 1 aliphatic rings. The van der Waals surface area contributed by atoms with Crippen LogP contribution in [0.15, 0.2) is 29.2 Å². The van der Waals surface area contributed by atoms with E-state index in [2.05, 4.69) is 0 Å². The molecule has 1 heterocycles. The van der Waals surface area contributed by atoms with Crippen LogP contribution in [0.2, 0.25) is 0 Å². The minimum absolute atomic E-state index is 0. The van der Waals surface area contributed by atoms with Crippen LogP contribution >= 0.6 is 12.4 Å². The SMILES string of the molecule is CC(=O)c1cccc(S(=O)(=O)N2CCCC(C(C)N)C2)c1.Cl. The summed E-state index contributed by atoms with van der Waals surface area (Å²) in [7, 11) is -3.56. The fraction of sp³-hybridized carbons (Fsp3) is 0.533. The van der Waals surface area contributed by atoms with Gasteiger partial charge >= 0.3 is 0 Å². The van der Waals surface area contributed by atoms with E-state index in [9.17, 15) is 13.2 Å². The number of sulfonamides is 1. The summed E-state index contributed by atoms with van der Waals surface area (Å²) < 4.78 is 26.9. The highest BCUT2D eigenvalue weighted by atomic mass is 35.5. The molecule has 2 N–H and O–H groups in total. The molecule has 1 aromatic rings. The van der Waals surface area contributed by atoms with Crippen LogP contribution in [-0.4, -0.2) is 37.6 Å². The molecule has 5 nitrogen and oxygen atoms in total. The Labute approximate surface area is 138 Å². The van der Waals surface area contributed by atoms with Crippen molar-refractivity contribution in [3.05, 3.63) is 29.8 Å². The van der Waals surface area contributed by atoms with E-state index < -0.39 is 10.0 Å². The highest BCUT2D eigenvalue weighted by Crippen LogP contribution is 2.25. The van der Waals surface area contributed by atoms with Crippen molar-refractivity contribution in [2.24, 2.45) is 11.7 Å². The predicted molar refractivity (Wildman–Crippen MR) is 88.8 cm³/mol. The molecule has 1 aromatic carbocycles. The topological polar surface area (TPSA) is 80.5 Å². The largest absolute Gasteiger partial charge is 0.328 e. The van der Waals surface area contributed by atoms with Crippen LogP contribution in [0.3, 0.4) is 0 Å². The fourth-order valence-electron chi connectivity index (χ4n) is 2.65. The van der Waals surface area contributed by atoms with Crippen molar-refractivity contribution < 1.29 is 13.2 Å². The summed E-state index contributed by atoms with van der Waals surface area (Å²) in [5.74, 6) is 0.0451. The van der Waals surface area contributed by atoms with Crippen LogP contribution in [0.4, 0.5) is 0 Å². The van der Waals surface area contributed by atoms with Crippen molar-refractivity contribution in [2.45, 2.75) is 37.6 Å². The standard InChI is InChI=1S/C15H22N2O3S.ClH/c1-11(16)14-6-4-8-17(10-14)21(19,20)15-7-3-5-13(9-15)12(2)18;/h3,5,7,9,11,14H,4,6,8,10,16H2,1-2H3;1H. The first kappa shape index (κ1) is 19.1. The van der Waals surface area contributed by atoms with Crippen LogP contribution in [0.1, 0.15) is 37.0 Å². The molecular formula is C15H23ClN2O3S. The first-order valence-corrected chi connectivity index (χ1v) is 8.63. The van der Waals surface area contributed by atoms with E-state index in [-0.39, 0.29) is 35.0 Å². The fourth-order valence-corrected chi connectivity index (χ4v) is 4.23. The zero-order valence-corrected chi connectivity index (χ0v) is 14.5. The maximum Gasteiger partial charge on any atom is 0.243 e. The molecular weight excluding hydrogens is 324 g/mol. The van der Waals surface area contributed by atoms with E-state index in [1.54, 1.807) is 12.1 Å². The molecule has 0 radical (unpaired) electrons. The molecule has 0 amide bonds. The van der Waals surface area contributed by atoms with Crippen molar-refractivity contribution in [1.82, 2.24) is 4.31 Å². The van der Waals surface area contributed by atoms with Gasteiger partial charge in [-0.05, 0) is 44.7 Å². The lowest BCUT2D eigenvalue weighted by atomic mass is 9.93. The van der Waals surface area contributed by atoms with Gasteiger partial charge in [-0.1, -0.05) is 12.1 Å². The lowest BCUT2D eigenvalue weighted by molar-refractivity contribution is 0.101.